The van der Waals surface area contributed by atoms with E-state index in [2.05, 4.69) is 0 Å². The number of anilines is 1. The molecule has 152 valence electrons. The van der Waals surface area contributed by atoms with Crippen molar-refractivity contribution in [3.63, 3.8) is 0 Å². The summed E-state index contributed by atoms with van der Waals surface area (Å²) < 4.78 is 39.7. The fraction of sp³-hybridized carbons (Fsp3) is 0.450. The molecule has 0 unspecified atom stereocenters. The highest BCUT2D eigenvalue weighted by atomic mass is 35.5. The van der Waals surface area contributed by atoms with Crippen molar-refractivity contribution in [1.82, 2.24) is 4.90 Å². The maximum absolute atomic E-state index is 13.2. The highest BCUT2D eigenvalue weighted by Crippen LogP contribution is 2.65. The monoisotopic (exact) mass is 424 g/mol. The summed E-state index contributed by atoms with van der Waals surface area (Å²) in [5, 5.41) is -0.0791. The molecule has 0 spiro atoms. The van der Waals surface area contributed by atoms with Gasteiger partial charge in [-0.15, -0.1) is 0 Å². The van der Waals surface area contributed by atoms with Crippen molar-refractivity contribution >= 4 is 35.0 Å². The molecule has 6 rings (SSSR count). The van der Waals surface area contributed by atoms with E-state index in [0.29, 0.717) is 16.7 Å². The summed E-state index contributed by atoms with van der Waals surface area (Å²) in [5.74, 6) is -3.63. The predicted molar refractivity (Wildman–Crippen MR) is 96.4 cm³/mol. The van der Waals surface area contributed by atoms with Crippen LogP contribution < -0.4 is 4.90 Å². The number of carbonyl (C=O) groups is 3. The third-order valence-electron chi connectivity index (χ3n) is 6.67. The normalized spacial score (nSPS) is 34.3. The van der Waals surface area contributed by atoms with Gasteiger partial charge in [-0.05, 0) is 42.2 Å². The van der Waals surface area contributed by atoms with Crippen LogP contribution in [-0.2, 0) is 14.4 Å². The SMILES string of the molecule is O=C1[C@@H]2[C@@H]3C=C[C@H]([C@@H]4C[C@H]34)[C@H]2C(=O)N1CN(C(=O)C(F)(F)F)c1ccccc1Cl. The van der Waals surface area contributed by atoms with E-state index in [1.807, 2.05) is 12.2 Å². The Hall–Kier alpha value is -2.35. The Balaban J connectivity index is 1.48. The Morgan fingerprint density at radius 2 is 1.62 bits per heavy atom. The molecule has 1 saturated heterocycles. The Morgan fingerprint density at radius 1 is 1.07 bits per heavy atom. The van der Waals surface area contributed by atoms with Crippen molar-refractivity contribution in [2.75, 3.05) is 11.6 Å². The van der Waals surface area contributed by atoms with E-state index in [4.69, 9.17) is 11.6 Å². The van der Waals surface area contributed by atoms with Gasteiger partial charge in [0.2, 0.25) is 11.8 Å². The first kappa shape index (κ1) is 18.7. The first-order chi connectivity index (χ1) is 13.7. The quantitative estimate of drug-likeness (QED) is 0.553. The van der Waals surface area contributed by atoms with Crippen LogP contribution in [0, 0.1) is 35.5 Å². The highest BCUT2D eigenvalue weighted by Gasteiger charge is 2.67. The van der Waals surface area contributed by atoms with Crippen molar-refractivity contribution in [3.8, 4) is 0 Å². The molecule has 3 amide bonds. The number of hydrogen-bond donors (Lipinski definition) is 0. The molecule has 6 atom stereocenters. The lowest BCUT2D eigenvalue weighted by Gasteiger charge is -2.37. The summed E-state index contributed by atoms with van der Waals surface area (Å²) in [6.45, 7) is -0.804. The molecule has 1 aromatic carbocycles. The summed E-state index contributed by atoms with van der Waals surface area (Å²) in [5.41, 5.74) is -0.198. The average molecular weight is 425 g/mol. The van der Waals surface area contributed by atoms with E-state index in [0.717, 1.165) is 11.3 Å². The van der Waals surface area contributed by atoms with E-state index in [-0.39, 0.29) is 22.5 Å². The Labute approximate surface area is 169 Å². The summed E-state index contributed by atoms with van der Waals surface area (Å²) in [6.07, 6.45) is -0.253. The summed E-state index contributed by atoms with van der Waals surface area (Å²) >= 11 is 6.01. The average Bonchev–Trinajstić information content (AvgIpc) is 3.45. The van der Waals surface area contributed by atoms with Crippen molar-refractivity contribution in [3.05, 3.63) is 41.4 Å². The molecule has 29 heavy (non-hydrogen) atoms. The van der Waals surface area contributed by atoms with Crippen LogP contribution >= 0.6 is 11.6 Å². The molecule has 0 radical (unpaired) electrons. The third kappa shape index (κ3) is 2.64. The Bertz CT molecular complexity index is 927. The second kappa shape index (κ2) is 6.08. The van der Waals surface area contributed by atoms with Gasteiger partial charge in [0, 0.05) is 0 Å². The Morgan fingerprint density at radius 3 is 2.14 bits per heavy atom. The minimum absolute atomic E-state index is 0.0523. The van der Waals surface area contributed by atoms with Crippen LogP contribution in [0.3, 0.4) is 0 Å². The number of para-hydroxylation sites is 1. The number of rotatable bonds is 3. The number of benzene rings is 1. The fourth-order valence-electron chi connectivity index (χ4n) is 5.37. The van der Waals surface area contributed by atoms with E-state index in [9.17, 15) is 27.6 Å². The zero-order valence-electron chi connectivity index (χ0n) is 15.0. The van der Waals surface area contributed by atoms with Gasteiger partial charge in [0.05, 0.1) is 22.5 Å². The number of halogens is 4. The van der Waals surface area contributed by atoms with Crippen LogP contribution in [0.5, 0.6) is 0 Å². The van der Waals surface area contributed by atoms with E-state index in [1.54, 1.807) is 0 Å². The molecule has 1 heterocycles. The summed E-state index contributed by atoms with van der Waals surface area (Å²) in [6, 6.07) is 5.55. The maximum Gasteiger partial charge on any atom is 0.471 e. The first-order valence-corrected chi connectivity index (χ1v) is 9.74. The number of carbonyl (C=O) groups excluding carboxylic acids is 3. The van der Waals surface area contributed by atoms with Crippen LogP contribution in [0.2, 0.25) is 5.02 Å². The number of amides is 3. The minimum Gasteiger partial charge on any atom is -0.284 e. The topological polar surface area (TPSA) is 57.7 Å². The molecular weight excluding hydrogens is 409 g/mol. The zero-order valence-corrected chi connectivity index (χ0v) is 15.7. The molecule has 0 N–H and O–H groups in total. The van der Waals surface area contributed by atoms with Crippen molar-refractivity contribution < 1.29 is 27.6 Å². The van der Waals surface area contributed by atoms with Crippen LogP contribution in [0.1, 0.15) is 6.42 Å². The number of nitrogens with zero attached hydrogens (tertiary/aromatic N) is 2. The van der Waals surface area contributed by atoms with Crippen LogP contribution in [0.4, 0.5) is 18.9 Å². The predicted octanol–water partition coefficient (Wildman–Crippen LogP) is 3.25. The van der Waals surface area contributed by atoms with Gasteiger partial charge >= 0.3 is 12.1 Å². The number of alkyl halides is 3. The number of allylic oxidation sites excluding steroid dienone is 2. The van der Waals surface area contributed by atoms with Crippen LogP contribution in [0.25, 0.3) is 0 Å². The number of imide groups is 1. The first-order valence-electron chi connectivity index (χ1n) is 9.37. The van der Waals surface area contributed by atoms with Crippen LogP contribution in [-0.4, -0.2) is 35.5 Å². The summed E-state index contributed by atoms with van der Waals surface area (Å²) in [4.78, 5) is 39.4. The molecule has 9 heteroatoms. The molecule has 1 aliphatic heterocycles. The molecule has 3 fully saturated rings. The standard InChI is InChI=1S/C20H16ClF3N2O3/c21-13-3-1-2-4-14(13)25(19(29)20(22,23)24)8-26-17(27)15-9-5-6-10(12-7-11(9)12)16(15)18(26)28/h1-6,9-12,15-16H,7-8H2/t9-,10-,11-,12+,15-,16-/m1/s1. The molecular formula is C20H16ClF3N2O3. The summed E-state index contributed by atoms with van der Waals surface area (Å²) in [7, 11) is 0. The lowest BCUT2D eigenvalue weighted by molar-refractivity contribution is -0.171. The second-order valence-electron chi connectivity index (χ2n) is 8.08. The zero-order chi connectivity index (χ0) is 20.7. The minimum atomic E-state index is -5.18. The van der Waals surface area contributed by atoms with Crippen molar-refractivity contribution in [2.24, 2.45) is 35.5 Å². The van der Waals surface area contributed by atoms with Crippen molar-refractivity contribution in [2.45, 2.75) is 12.6 Å². The maximum atomic E-state index is 13.2. The highest BCUT2D eigenvalue weighted by molar-refractivity contribution is 6.33. The van der Waals surface area contributed by atoms with E-state index < -0.39 is 42.4 Å². The van der Waals surface area contributed by atoms with Gasteiger partial charge in [-0.3, -0.25) is 24.2 Å². The molecule has 2 saturated carbocycles. The lowest BCUT2D eigenvalue weighted by Crippen LogP contribution is -2.49. The smallest absolute Gasteiger partial charge is 0.284 e. The van der Waals surface area contributed by atoms with E-state index in [1.165, 1.54) is 24.3 Å². The van der Waals surface area contributed by atoms with Gasteiger partial charge < -0.3 is 0 Å². The molecule has 2 bridgehead atoms. The van der Waals surface area contributed by atoms with Gasteiger partial charge in [-0.2, -0.15) is 13.2 Å². The molecule has 4 aliphatic carbocycles. The van der Waals surface area contributed by atoms with E-state index >= 15 is 0 Å². The van der Waals surface area contributed by atoms with Crippen molar-refractivity contribution in [1.29, 1.82) is 0 Å². The fourth-order valence-corrected chi connectivity index (χ4v) is 5.61. The van der Waals surface area contributed by atoms with Gasteiger partial charge in [0.15, 0.2) is 0 Å². The third-order valence-corrected chi connectivity index (χ3v) is 6.99. The van der Waals surface area contributed by atoms with Gasteiger partial charge in [0.1, 0.15) is 6.67 Å². The van der Waals surface area contributed by atoms with Gasteiger partial charge in [-0.25, -0.2) is 0 Å². The lowest BCUT2D eigenvalue weighted by atomic mass is 9.63. The van der Waals surface area contributed by atoms with Crippen LogP contribution in [0.15, 0.2) is 36.4 Å². The number of hydrogen-bond acceptors (Lipinski definition) is 3. The Kier molecular flexibility index (Phi) is 3.91. The molecule has 5 nitrogen and oxygen atoms in total. The van der Waals surface area contributed by atoms with Gasteiger partial charge in [0.25, 0.3) is 0 Å². The largest absolute Gasteiger partial charge is 0.471 e. The van der Waals surface area contributed by atoms with Gasteiger partial charge in [-0.1, -0.05) is 35.9 Å². The second-order valence-corrected chi connectivity index (χ2v) is 8.49. The molecule has 5 aliphatic rings. The molecule has 0 aromatic heterocycles. The molecule has 1 aromatic rings. The number of likely N-dealkylation sites (tertiary alicyclic amines) is 1.